The Balaban J connectivity index is 1.32. The predicted molar refractivity (Wildman–Crippen MR) is 136 cm³/mol. The number of anilines is 2. The maximum atomic E-state index is 12.0. The van der Waals surface area contributed by atoms with Crippen molar-refractivity contribution in [2.75, 3.05) is 36.5 Å². The number of carbonyl (C=O) groups is 1. The highest BCUT2D eigenvalue weighted by molar-refractivity contribution is 5.92. The van der Waals surface area contributed by atoms with Crippen molar-refractivity contribution < 1.29 is 9.53 Å². The highest BCUT2D eigenvalue weighted by Crippen LogP contribution is 2.26. The SMILES string of the molecule is C=C(O/C=C\N)C(=O)CCCCN(C)c1ncc(-c2ccc3nc(N4CCCC4)ccc3c2)[nH]1. The highest BCUT2D eigenvalue weighted by atomic mass is 16.5. The molecule has 0 amide bonds. The van der Waals surface area contributed by atoms with Crippen LogP contribution in [0.1, 0.15) is 32.1 Å². The number of nitrogens with one attached hydrogen (secondary N) is 1. The van der Waals surface area contributed by atoms with Crippen LogP contribution in [-0.4, -0.2) is 47.4 Å². The zero-order valence-corrected chi connectivity index (χ0v) is 19.7. The molecule has 0 atom stereocenters. The quantitative estimate of drug-likeness (QED) is 0.249. The number of aromatic nitrogens is 3. The van der Waals surface area contributed by atoms with E-state index in [9.17, 15) is 4.79 Å². The van der Waals surface area contributed by atoms with Crippen LogP contribution in [0.5, 0.6) is 0 Å². The number of pyridine rings is 1. The summed E-state index contributed by atoms with van der Waals surface area (Å²) in [4.78, 5) is 29.2. The van der Waals surface area contributed by atoms with Crippen LogP contribution in [0.2, 0.25) is 0 Å². The van der Waals surface area contributed by atoms with Crippen LogP contribution in [0.4, 0.5) is 11.8 Å². The summed E-state index contributed by atoms with van der Waals surface area (Å²) in [6.45, 7) is 6.57. The maximum Gasteiger partial charge on any atom is 0.202 e. The lowest BCUT2D eigenvalue weighted by molar-refractivity contribution is -0.118. The van der Waals surface area contributed by atoms with Gasteiger partial charge in [0.1, 0.15) is 12.1 Å². The van der Waals surface area contributed by atoms with E-state index < -0.39 is 0 Å². The number of fused-ring (bicyclic) bond motifs is 1. The van der Waals surface area contributed by atoms with Gasteiger partial charge in [-0.15, -0.1) is 0 Å². The van der Waals surface area contributed by atoms with Gasteiger partial charge >= 0.3 is 0 Å². The molecular formula is C26H32N6O2. The van der Waals surface area contributed by atoms with Crippen LogP contribution < -0.4 is 15.5 Å². The summed E-state index contributed by atoms with van der Waals surface area (Å²) in [5.41, 5.74) is 8.24. The second-order valence-corrected chi connectivity index (χ2v) is 8.56. The number of aromatic amines is 1. The van der Waals surface area contributed by atoms with E-state index in [1.165, 1.54) is 25.3 Å². The van der Waals surface area contributed by atoms with Crippen molar-refractivity contribution in [2.45, 2.75) is 32.1 Å². The molecule has 2 aromatic heterocycles. The van der Waals surface area contributed by atoms with Gasteiger partial charge in [-0.2, -0.15) is 0 Å². The summed E-state index contributed by atoms with van der Waals surface area (Å²) in [6, 6.07) is 10.6. The average molecular weight is 461 g/mol. The Labute approximate surface area is 200 Å². The second-order valence-electron chi connectivity index (χ2n) is 8.56. The van der Waals surface area contributed by atoms with Crippen LogP contribution in [0.3, 0.4) is 0 Å². The fourth-order valence-electron chi connectivity index (χ4n) is 4.12. The Morgan fingerprint density at radius 1 is 1.26 bits per heavy atom. The first-order valence-corrected chi connectivity index (χ1v) is 11.7. The van der Waals surface area contributed by atoms with Gasteiger partial charge in [-0.3, -0.25) is 4.79 Å². The van der Waals surface area contributed by atoms with Gasteiger partial charge in [0.05, 0.1) is 17.4 Å². The van der Waals surface area contributed by atoms with E-state index in [0.29, 0.717) is 6.42 Å². The second kappa shape index (κ2) is 10.9. The number of carbonyl (C=O) groups excluding carboxylic acids is 1. The van der Waals surface area contributed by atoms with Gasteiger partial charge in [0.25, 0.3) is 0 Å². The number of hydrogen-bond donors (Lipinski definition) is 2. The van der Waals surface area contributed by atoms with Gasteiger partial charge < -0.3 is 25.3 Å². The number of Topliss-reactive ketones (excluding diaryl/α,β-unsaturated/α-hetero) is 1. The summed E-state index contributed by atoms with van der Waals surface area (Å²) in [6.07, 6.45) is 8.79. The number of allylic oxidation sites excluding steroid dienone is 1. The molecule has 8 heteroatoms. The summed E-state index contributed by atoms with van der Waals surface area (Å²) in [5.74, 6) is 1.86. The zero-order valence-electron chi connectivity index (χ0n) is 19.7. The number of ketones is 1. The molecule has 1 saturated heterocycles. The summed E-state index contributed by atoms with van der Waals surface area (Å²) < 4.78 is 5.02. The standard InChI is InChI=1S/C26H32N6O2/c1-19(34-16-12-27)24(33)7-3-4-13-31(2)26-28-18-23(30-26)21-8-10-22-20(17-21)9-11-25(29-22)32-14-5-6-15-32/h8-12,16-18H,1,3-7,13-15,27H2,2H3,(H,28,30)/b16-12-. The first-order valence-electron chi connectivity index (χ1n) is 11.7. The molecule has 0 radical (unpaired) electrons. The van der Waals surface area contributed by atoms with Crippen molar-refractivity contribution in [3.05, 3.63) is 61.3 Å². The molecule has 34 heavy (non-hydrogen) atoms. The molecule has 1 aliphatic heterocycles. The van der Waals surface area contributed by atoms with Crippen LogP contribution in [0, 0.1) is 0 Å². The van der Waals surface area contributed by atoms with Crippen molar-refractivity contribution >= 4 is 28.5 Å². The molecule has 1 fully saturated rings. The molecule has 3 N–H and O–H groups in total. The number of benzene rings is 1. The maximum absolute atomic E-state index is 12.0. The molecular weight excluding hydrogens is 428 g/mol. The van der Waals surface area contributed by atoms with Crippen molar-refractivity contribution in [3.63, 3.8) is 0 Å². The highest BCUT2D eigenvalue weighted by Gasteiger charge is 2.14. The number of nitrogens with zero attached hydrogens (tertiary/aromatic N) is 4. The molecule has 3 heterocycles. The molecule has 3 aromatic rings. The van der Waals surface area contributed by atoms with Crippen molar-refractivity contribution in [1.82, 2.24) is 15.0 Å². The van der Waals surface area contributed by atoms with Crippen LogP contribution >= 0.6 is 0 Å². The molecule has 1 aromatic carbocycles. The third-order valence-corrected chi connectivity index (χ3v) is 6.09. The molecule has 0 aliphatic carbocycles. The van der Waals surface area contributed by atoms with Gasteiger partial charge in [0.2, 0.25) is 5.95 Å². The lowest BCUT2D eigenvalue weighted by Gasteiger charge is -2.16. The Hall–Kier alpha value is -3.81. The lowest BCUT2D eigenvalue weighted by Crippen LogP contribution is -2.20. The number of H-pyrrole nitrogens is 1. The molecule has 4 rings (SSSR count). The number of unbranched alkanes of at least 4 members (excludes halogenated alkanes) is 1. The molecule has 178 valence electrons. The van der Waals surface area contributed by atoms with Gasteiger partial charge in [0.15, 0.2) is 11.5 Å². The van der Waals surface area contributed by atoms with E-state index in [-0.39, 0.29) is 11.5 Å². The summed E-state index contributed by atoms with van der Waals surface area (Å²) >= 11 is 0. The number of nitrogens with two attached hydrogens (primary N) is 1. The number of imidazole rings is 1. The minimum atomic E-state index is -0.112. The normalized spacial score (nSPS) is 13.6. The largest absolute Gasteiger partial charge is 0.460 e. The van der Waals surface area contributed by atoms with E-state index in [1.807, 2.05) is 13.2 Å². The van der Waals surface area contributed by atoms with Crippen LogP contribution in [-0.2, 0) is 9.53 Å². The number of hydrogen-bond acceptors (Lipinski definition) is 7. The minimum Gasteiger partial charge on any atom is -0.460 e. The lowest BCUT2D eigenvalue weighted by atomic mass is 10.1. The minimum absolute atomic E-state index is 0.112. The van der Waals surface area contributed by atoms with E-state index in [1.54, 1.807) is 0 Å². The van der Waals surface area contributed by atoms with Crippen molar-refractivity contribution in [3.8, 4) is 11.3 Å². The first-order chi connectivity index (χ1) is 16.5. The monoisotopic (exact) mass is 460 g/mol. The zero-order chi connectivity index (χ0) is 23.9. The summed E-state index contributed by atoms with van der Waals surface area (Å²) in [5, 5.41) is 1.11. The Kier molecular flexibility index (Phi) is 7.47. The topological polar surface area (TPSA) is 100 Å². The molecule has 0 saturated carbocycles. The van der Waals surface area contributed by atoms with Gasteiger partial charge in [0, 0.05) is 50.3 Å². The average Bonchev–Trinajstić information content (AvgIpc) is 3.57. The predicted octanol–water partition coefficient (Wildman–Crippen LogP) is 4.36. The van der Waals surface area contributed by atoms with E-state index >= 15 is 0 Å². The van der Waals surface area contributed by atoms with Gasteiger partial charge in [-0.25, -0.2) is 9.97 Å². The third kappa shape index (κ3) is 5.57. The number of ether oxygens (including phenoxy) is 1. The molecule has 8 nitrogen and oxygen atoms in total. The van der Waals surface area contributed by atoms with Crippen LogP contribution in [0.15, 0.2) is 61.3 Å². The fraction of sp³-hybridized carbons (Fsp3) is 0.346. The molecule has 0 bridgehead atoms. The van der Waals surface area contributed by atoms with E-state index in [4.69, 9.17) is 15.5 Å². The summed E-state index contributed by atoms with van der Waals surface area (Å²) in [7, 11) is 1.99. The van der Waals surface area contributed by atoms with Crippen molar-refractivity contribution in [2.24, 2.45) is 5.73 Å². The van der Waals surface area contributed by atoms with Crippen LogP contribution in [0.25, 0.3) is 22.2 Å². The Morgan fingerprint density at radius 2 is 2.09 bits per heavy atom. The molecule has 0 unspecified atom stereocenters. The van der Waals surface area contributed by atoms with Crippen molar-refractivity contribution in [1.29, 1.82) is 0 Å². The molecule has 1 aliphatic rings. The third-order valence-electron chi connectivity index (χ3n) is 6.09. The number of rotatable bonds is 11. The Morgan fingerprint density at radius 3 is 2.88 bits per heavy atom. The smallest absolute Gasteiger partial charge is 0.202 e. The molecule has 0 spiro atoms. The Bertz CT molecular complexity index is 1180. The van der Waals surface area contributed by atoms with E-state index in [0.717, 1.165) is 66.4 Å². The first kappa shape index (κ1) is 23.4. The van der Waals surface area contributed by atoms with Gasteiger partial charge in [-0.05, 0) is 49.9 Å². The van der Waals surface area contributed by atoms with E-state index in [2.05, 4.69) is 56.7 Å². The fourth-order valence-corrected chi connectivity index (χ4v) is 4.12. The van der Waals surface area contributed by atoms with Gasteiger partial charge in [-0.1, -0.05) is 12.6 Å².